The molecule has 0 spiro atoms. The molecule has 12 heteroatoms. The number of β-lactam (4-membered cyclic amide) rings is 1. The van der Waals surface area contributed by atoms with E-state index >= 15 is 0 Å². The van der Waals surface area contributed by atoms with Gasteiger partial charge in [-0.3, -0.25) is 19.2 Å². The Morgan fingerprint density at radius 1 is 1.14 bits per heavy atom. The zero-order valence-electron chi connectivity index (χ0n) is 20.9. The molecule has 0 radical (unpaired) electrons. The van der Waals surface area contributed by atoms with Crippen LogP contribution in [-0.4, -0.2) is 71.8 Å². The van der Waals surface area contributed by atoms with Crippen LogP contribution in [0.2, 0.25) is 0 Å². The smallest absolute Gasteiger partial charge is 0.327 e. The van der Waals surface area contributed by atoms with Gasteiger partial charge in [0.2, 0.25) is 11.8 Å². The summed E-state index contributed by atoms with van der Waals surface area (Å²) in [7, 11) is 0. The number of carbonyl (C=O) groups excluding carboxylic acids is 4. The van der Waals surface area contributed by atoms with Crippen molar-refractivity contribution in [3.63, 3.8) is 0 Å². The van der Waals surface area contributed by atoms with Gasteiger partial charge >= 0.3 is 5.97 Å². The number of fused-ring (bicyclic) bond motifs is 1. The van der Waals surface area contributed by atoms with E-state index in [9.17, 15) is 34.2 Å². The maximum absolute atomic E-state index is 13.4. The third-order valence-corrected chi connectivity index (χ3v) is 8.32. The molecule has 0 bridgehead atoms. The van der Waals surface area contributed by atoms with Crippen molar-refractivity contribution in [1.29, 1.82) is 0 Å². The van der Waals surface area contributed by atoms with E-state index in [-0.39, 0.29) is 17.1 Å². The Morgan fingerprint density at radius 3 is 2.30 bits per heavy atom. The highest BCUT2D eigenvalue weighted by Gasteiger charge is 2.64. The second kappa shape index (κ2) is 9.25. The largest absolute Gasteiger partial charge is 0.508 e. The molecule has 4 rings (SSSR count). The highest BCUT2D eigenvalue weighted by atomic mass is 32.2. The van der Waals surface area contributed by atoms with Crippen LogP contribution in [0, 0.1) is 13.8 Å². The van der Waals surface area contributed by atoms with Crippen LogP contribution >= 0.6 is 11.8 Å². The monoisotopic (exact) mass is 528 g/mol. The number of rotatable bonds is 7. The number of Topliss-reactive ketones (excluding diaryl/α,β-unsaturated/α-hetero) is 1. The summed E-state index contributed by atoms with van der Waals surface area (Å²) in [6.07, 6.45) is 0. The van der Waals surface area contributed by atoms with Gasteiger partial charge in [-0.15, -0.1) is 11.8 Å². The van der Waals surface area contributed by atoms with Crippen molar-refractivity contribution in [2.45, 2.75) is 62.9 Å². The molecule has 0 saturated carbocycles. The number of carboxylic acid groups (broad SMARTS) is 1. The van der Waals surface area contributed by atoms with Crippen LogP contribution in [0.3, 0.4) is 0 Å². The van der Waals surface area contributed by atoms with Gasteiger partial charge in [-0.25, -0.2) is 4.79 Å². The zero-order valence-corrected chi connectivity index (χ0v) is 21.7. The standard InChI is InChI=1S/C25H28N4O7S/c1-10-15(11(2)26-16(10)12(3)30)20(32)27-17(13-6-8-14(31)9-7-13)21(33)28-18-22(34)29-19(24(35)36)25(4,5)37-23(18)29/h6-9,17-19,23,26,31H,1-5H3,(H,27,32)(H,28,33)(H,35,36)/t17?,18-,19+,23-/m1/s1. The molecule has 2 aromatic rings. The number of aliphatic carboxylic acids is 1. The summed E-state index contributed by atoms with van der Waals surface area (Å²) in [6, 6.07) is 2.46. The number of aromatic amines is 1. The number of thioether (sulfide) groups is 1. The van der Waals surface area contributed by atoms with E-state index in [0.717, 1.165) is 0 Å². The molecular formula is C25H28N4O7S. The molecule has 1 aromatic heterocycles. The fraction of sp³-hybridized carbons (Fsp3) is 0.400. The number of hydrogen-bond donors (Lipinski definition) is 5. The van der Waals surface area contributed by atoms with Crippen LogP contribution in [0.25, 0.3) is 0 Å². The summed E-state index contributed by atoms with van der Waals surface area (Å²) in [5, 5.41) is 24.1. The number of nitrogens with one attached hydrogen (secondary N) is 3. The summed E-state index contributed by atoms with van der Waals surface area (Å²) >= 11 is 1.29. The molecule has 4 atom stereocenters. The number of nitrogens with zero attached hydrogens (tertiary/aromatic N) is 1. The van der Waals surface area contributed by atoms with Crippen molar-refractivity contribution >= 4 is 41.2 Å². The fourth-order valence-electron chi connectivity index (χ4n) is 4.99. The number of aromatic hydroxyl groups is 1. The first kappa shape index (κ1) is 26.3. The maximum Gasteiger partial charge on any atom is 0.327 e. The molecule has 3 heterocycles. The molecule has 2 aliphatic rings. The van der Waals surface area contributed by atoms with E-state index in [1.165, 1.54) is 47.9 Å². The minimum Gasteiger partial charge on any atom is -0.508 e. The molecule has 2 fully saturated rings. The number of amides is 3. The zero-order chi connectivity index (χ0) is 27.4. The normalized spacial score (nSPS) is 22.6. The Kier molecular flexibility index (Phi) is 6.57. The number of benzene rings is 1. The molecule has 1 aromatic carbocycles. The van der Waals surface area contributed by atoms with Gasteiger partial charge in [0, 0.05) is 17.4 Å². The number of carbonyl (C=O) groups is 5. The molecule has 2 aliphatic heterocycles. The van der Waals surface area contributed by atoms with Crippen LogP contribution in [-0.2, 0) is 14.4 Å². The average Bonchev–Trinajstić information content (AvgIpc) is 3.26. The van der Waals surface area contributed by atoms with Gasteiger partial charge in [-0.2, -0.15) is 0 Å². The van der Waals surface area contributed by atoms with Crippen molar-refractivity contribution in [1.82, 2.24) is 20.5 Å². The SMILES string of the molecule is CC(=O)c1[nH]c(C)c(C(=O)NC(C(=O)N[C@@H]2C(=O)N3[C@@H]2SC(C)(C)[C@@H]3C(=O)O)c2ccc(O)cc2)c1C. The lowest BCUT2D eigenvalue weighted by Gasteiger charge is -2.44. The van der Waals surface area contributed by atoms with E-state index in [2.05, 4.69) is 15.6 Å². The average molecular weight is 529 g/mol. The van der Waals surface area contributed by atoms with Crippen molar-refractivity contribution in [3.8, 4) is 5.75 Å². The van der Waals surface area contributed by atoms with Gasteiger partial charge in [-0.05, 0) is 51.0 Å². The molecule has 11 nitrogen and oxygen atoms in total. The lowest BCUT2D eigenvalue weighted by molar-refractivity contribution is -0.161. The van der Waals surface area contributed by atoms with Gasteiger partial charge in [0.15, 0.2) is 5.78 Å². The number of aromatic nitrogens is 1. The number of phenols is 1. The van der Waals surface area contributed by atoms with Gasteiger partial charge in [-0.1, -0.05) is 12.1 Å². The third kappa shape index (κ3) is 4.45. The fourth-order valence-corrected chi connectivity index (χ4v) is 6.62. The van der Waals surface area contributed by atoms with Gasteiger partial charge in [0.1, 0.15) is 29.2 Å². The number of phenolic OH excluding ortho intramolecular Hbond substituents is 1. The van der Waals surface area contributed by atoms with Crippen LogP contribution < -0.4 is 10.6 Å². The molecule has 0 aliphatic carbocycles. The Morgan fingerprint density at radius 2 is 1.76 bits per heavy atom. The molecule has 37 heavy (non-hydrogen) atoms. The first-order valence-electron chi connectivity index (χ1n) is 11.6. The van der Waals surface area contributed by atoms with Gasteiger partial charge in [0.05, 0.1) is 11.3 Å². The minimum atomic E-state index is -1.24. The first-order chi connectivity index (χ1) is 17.2. The molecule has 1 unspecified atom stereocenters. The van der Waals surface area contributed by atoms with E-state index in [1.807, 2.05) is 0 Å². The molecular weight excluding hydrogens is 500 g/mol. The lowest BCUT2D eigenvalue weighted by atomic mass is 9.95. The Hall–Kier alpha value is -3.80. The van der Waals surface area contributed by atoms with Gasteiger partial charge in [0.25, 0.3) is 5.91 Å². The van der Waals surface area contributed by atoms with Crippen molar-refractivity contribution < 1.29 is 34.2 Å². The Balaban J connectivity index is 1.60. The summed E-state index contributed by atoms with van der Waals surface area (Å²) < 4.78 is -0.756. The minimum absolute atomic E-state index is 0.0354. The summed E-state index contributed by atoms with van der Waals surface area (Å²) in [4.78, 5) is 67.4. The Labute approximate surface area is 217 Å². The predicted octanol–water partition coefficient (Wildman–Crippen LogP) is 1.64. The first-order valence-corrected chi connectivity index (χ1v) is 12.5. The number of H-pyrrole nitrogens is 1. The van der Waals surface area contributed by atoms with Crippen molar-refractivity contribution in [2.75, 3.05) is 0 Å². The second-order valence-electron chi connectivity index (χ2n) is 9.76. The van der Waals surface area contributed by atoms with Crippen LogP contribution in [0.15, 0.2) is 24.3 Å². The molecule has 3 amide bonds. The predicted molar refractivity (Wildman–Crippen MR) is 134 cm³/mol. The Bertz CT molecular complexity index is 1320. The van der Waals surface area contributed by atoms with Crippen LogP contribution in [0.4, 0.5) is 0 Å². The third-order valence-electron chi connectivity index (χ3n) is 6.75. The summed E-state index contributed by atoms with van der Waals surface area (Å²) in [5.41, 5.74) is 1.78. The summed E-state index contributed by atoms with van der Waals surface area (Å²) in [5.74, 6) is -3.18. The number of aryl methyl sites for hydroxylation is 1. The topological polar surface area (TPSA) is 169 Å². The molecule has 5 N–H and O–H groups in total. The van der Waals surface area contributed by atoms with E-state index in [0.29, 0.717) is 22.5 Å². The summed E-state index contributed by atoms with van der Waals surface area (Å²) in [6.45, 7) is 8.12. The highest BCUT2D eigenvalue weighted by molar-refractivity contribution is 8.01. The van der Waals surface area contributed by atoms with Crippen molar-refractivity contribution in [2.24, 2.45) is 0 Å². The molecule has 196 valence electrons. The van der Waals surface area contributed by atoms with Crippen LogP contribution in [0.1, 0.15) is 64.5 Å². The second-order valence-corrected chi connectivity index (χ2v) is 11.5. The van der Waals surface area contributed by atoms with Crippen molar-refractivity contribution in [3.05, 3.63) is 52.3 Å². The number of carboxylic acids is 1. The van der Waals surface area contributed by atoms with Gasteiger partial charge < -0.3 is 30.7 Å². The highest BCUT2D eigenvalue weighted by Crippen LogP contribution is 2.50. The number of ketones is 1. The quantitative estimate of drug-likeness (QED) is 0.267. The maximum atomic E-state index is 13.4. The molecule has 2 saturated heterocycles. The lowest BCUT2D eigenvalue weighted by Crippen LogP contribution is -2.71. The van der Waals surface area contributed by atoms with Crippen LogP contribution in [0.5, 0.6) is 5.75 Å². The van der Waals surface area contributed by atoms with E-state index in [1.54, 1.807) is 27.7 Å². The van der Waals surface area contributed by atoms with E-state index in [4.69, 9.17) is 0 Å². The number of hydrogen-bond acceptors (Lipinski definition) is 7. The van der Waals surface area contributed by atoms with E-state index < -0.39 is 51.9 Å².